The van der Waals surface area contributed by atoms with Crippen LogP contribution in [0, 0.1) is 0 Å². The van der Waals surface area contributed by atoms with Crippen molar-refractivity contribution in [3.05, 3.63) is 24.3 Å². The van der Waals surface area contributed by atoms with Crippen molar-refractivity contribution in [1.82, 2.24) is 5.32 Å². The lowest BCUT2D eigenvalue weighted by Crippen LogP contribution is -2.21. The Morgan fingerprint density at radius 3 is 2.44 bits per heavy atom. The number of aliphatic carboxylic acids is 1. The molecule has 0 aromatic heterocycles. The molecule has 0 aliphatic heterocycles. The summed E-state index contributed by atoms with van der Waals surface area (Å²) in [5.74, 6) is -1.48. The van der Waals surface area contributed by atoms with Crippen LogP contribution in [-0.4, -0.2) is 23.5 Å². The van der Waals surface area contributed by atoms with Crippen molar-refractivity contribution < 1.29 is 14.7 Å². The lowest BCUT2D eigenvalue weighted by Gasteiger charge is -1.98. The molecule has 0 aromatic carbocycles. The van der Waals surface area contributed by atoms with Gasteiger partial charge in [-0.25, -0.2) is 4.79 Å². The van der Waals surface area contributed by atoms with E-state index in [-0.39, 0.29) is 5.91 Å². The standard InChI is InChI=1S/C14H23NO3/c1-2-3-4-5-6-7-8-9-12-15-13(16)10-11-14(17)18/h7-8,10-11H,2-6,9,12H2,1H3,(H,15,16)(H,17,18)/b8-7+,11-10+. The van der Waals surface area contributed by atoms with Crippen molar-refractivity contribution in [1.29, 1.82) is 0 Å². The number of hydrogen-bond donors (Lipinski definition) is 2. The molecule has 0 rings (SSSR count). The Kier molecular flexibility index (Phi) is 10.8. The second kappa shape index (κ2) is 11.9. The van der Waals surface area contributed by atoms with Crippen molar-refractivity contribution >= 4 is 11.9 Å². The molecule has 0 aliphatic carbocycles. The molecule has 18 heavy (non-hydrogen) atoms. The molecule has 0 atom stereocenters. The van der Waals surface area contributed by atoms with E-state index >= 15 is 0 Å². The smallest absolute Gasteiger partial charge is 0.328 e. The minimum absolute atomic E-state index is 0.367. The average molecular weight is 253 g/mol. The van der Waals surface area contributed by atoms with Crippen LogP contribution in [0.2, 0.25) is 0 Å². The maximum absolute atomic E-state index is 11.1. The van der Waals surface area contributed by atoms with Crippen LogP contribution in [0.15, 0.2) is 24.3 Å². The van der Waals surface area contributed by atoms with Crippen LogP contribution >= 0.6 is 0 Å². The number of hydrogen-bond acceptors (Lipinski definition) is 2. The molecule has 0 unspecified atom stereocenters. The Balaban J connectivity index is 3.41. The van der Waals surface area contributed by atoms with Crippen molar-refractivity contribution in [2.45, 2.75) is 45.4 Å². The number of amides is 1. The van der Waals surface area contributed by atoms with Gasteiger partial charge in [-0.2, -0.15) is 0 Å². The molecule has 0 radical (unpaired) electrons. The number of unbranched alkanes of at least 4 members (excludes halogenated alkanes) is 4. The minimum atomic E-state index is -1.11. The molecule has 4 heteroatoms. The molecule has 0 saturated heterocycles. The van der Waals surface area contributed by atoms with Gasteiger partial charge in [-0.15, -0.1) is 0 Å². The Bertz CT molecular complexity index is 295. The molecule has 102 valence electrons. The molecule has 0 fully saturated rings. The lowest BCUT2D eigenvalue weighted by atomic mass is 10.1. The predicted octanol–water partition coefficient (Wildman–Crippen LogP) is 2.66. The van der Waals surface area contributed by atoms with E-state index in [1.807, 2.05) is 6.08 Å². The topological polar surface area (TPSA) is 66.4 Å². The third-order valence-electron chi connectivity index (χ3n) is 2.38. The van der Waals surface area contributed by atoms with E-state index in [1.54, 1.807) is 0 Å². The minimum Gasteiger partial charge on any atom is -0.478 e. The molecule has 0 spiro atoms. The van der Waals surface area contributed by atoms with Gasteiger partial charge in [-0.05, 0) is 19.3 Å². The number of carboxylic acids is 1. The first-order valence-corrected chi connectivity index (χ1v) is 6.50. The van der Waals surface area contributed by atoms with Gasteiger partial charge in [0.25, 0.3) is 0 Å². The summed E-state index contributed by atoms with van der Waals surface area (Å²) in [6, 6.07) is 0. The molecular weight excluding hydrogens is 230 g/mol. The van der Waals surface area contributed by atoms with Gasteiger partial charge in [0.2, 0.25) is 5.91 Å². The molecule has 1 amide bonds. The summed E-state index contributed by atoms with van der Waals surface area (Å²) >= 11 is 0. The lowest BCUT2D eigenvalue weighted by molar-refractivity contribution is -0.131. The first kappa shape index (κ1) is 16.4. The zero-order chi connectivity index (χ0) is 13.6. The molecule has 2 N–H and O–H groups in total. The summed E-state index contributed by atoms with van der Waals surface area (Å²) in [4.78, 5) is 21.2. The molecule has 0 aliphatic rings. The van der Waals surface area contributed by atoms with Crippen molar-refractivity contribution in [2.24, 2.45) is 0 Å². The van der Waals surface area contributed by atoms with E-state index in [0.29, 0.717) is 6.54 Å². The third-order valence-corrected chi connectivity index (χ3v) is 2.38. The van der Waals surface area contributed by atoms with E-state index in [1.165, 1.54) is 25.7 Å². The predicted molar refractivity (Wildman–Crippen MR) is 72.3 cm³/mol. The van der Waals surface area contributed by atoms with Gasteiger partial charge in [0.05, 0.1) is 0 Å². The Morgan fingerprint density at radius 1 is 1.06 bits per heavy atom. The van der Waals surface area contributed by atoms with Crippen LogP contribution in [0.4, 0.5) is 0 Å². The fourth-order valence-electron chi connectivity index (χ4n) is 1.41. The SMILES string of the molecule is CCCCCC/C=C/CCNC(=O)/C=C/C(=O)O. The molecule has 0 saturated carbocycles. The number of allylic oxidation sites excluding steroid dienone is 1. The summed E-state index contributed by atoms with van der Waals surface area (Å²) < 4.78 is 0. The average Bonchev–Trinajstić information content (AvgIpc) is 2.34. The zero-order valence-electron chi connectivity index (χ0n) is 11.0. The maximum atomic E-state index is 11.1. The highest BCUT2D eigenvalue weighted by atomic mass is 16.4. The second-order valence-corrected chi connectivity index (χ2v) is 4.07. The van der Waals surface area contributed by atoms with Crippen LogP contribution in [0.25, 0.3) is 0 Å². The van der Waals surface area contributed by atoms with E-state index in [0.717, 1.165) is 25.0 Å². The van der Waals surface area contributed by atoms with Crippen molar-refractivity contribution in [3.8, 4) is 0 Å². The van der Waals surface area contributed by atoms with Crippen LogP contribution in [0.5, 0.6) is 0 Å². The molecule has 0 bridgehead atoms. The summed E-state index contributed by atoms with van der Waals surface area (Å²) in [6.45, 7) is 2.73. The number of nitrogens with one attached hydrogen (secondary N) is 1. The summed E-state index contributed by atoms with van der Waals surface area (Å²) in [5, 5.41) is 10.9. The Labute approximate surface area is 109 Å². The number of rotatable bonds is 10. The van der Waals surface area contributed by atoms with Crippen LogP contribution in [0.1, 0.15) is 45.4 Å². The third kappa shape index (κ3) is 12.5. The summed E-state index contributed by atoms with van der Waals surface area (Å²) in [7, 11) is 0. The molecule has 0 heterocycles. The molecular formula is C14H23NO3. The fourth-order valence-corrected chi connectivity index (χ4v) is 1.41. The second-order valence-electron chi connectivity index (χ2n) is 4.07. The molecule has 0 aromatic rings. The summed E-state index contributed by atoms with van der Waals surface area (Å²) in [5.41, 5.74) is 0. The van der Waals surface area contributed by atoms with Gasteiger partial charge in [-0.3, -0.25) is 4.79 Å². The number of carbonyl (C=O) groups is 2. The van der Waals surface area contributed by atoms with Crippen LogP contribution in [-0.2, 0) is 9.59 Å². The van der Waals surface area contributed by atoms with Gasteiger partial charge in [0.1, 0.15) is 0 Å². The first-order chi connectivity index (χ1) is 8.66. The van der Waals surface area contributed by atoms with E-state index < -0.39 is 5.97 Å². The number of carboxylic acid groups (broad SMARTS) is 1. The van der Waals surface area contributed by atoms with Crippen LogP contribution < -0.4 is 5.32 Å². The normalized spacial score (nSPS) is 11.2. The van der Waals surface area contributed by atoms with Gasteiger partial charge < -0.3 is 10.4 Å². The van der Waals surface area contributed by atoms with Gasteiger partial charge in [-0.1, -0.05) is 38.3 Å². The highest BCUT2D eigenvalue weighted by Crippen LogP contribution is 2.02. The van der Waals surface area contributed by atoms with Crippen LogP contribution in [0.3, 0.4) is 0 Å². The zero-order valence-corrected chi connectivity index (χ0v) is 11.0. The van der Waals surface area contributed by atoms with E-state index in [9.17, 15) is 9.59 Å². The van der Waals surface area contributed by atoms with Crippen molar-refractivity contribution in [3.63, 3.8) is 0 Å². The number of carbonyl (C=O) groups excluding carboxylic acids is 1. The maximum Gasteiger partial charge on any atom is 0.328 e. The quantitative estimate of drug-likeness (QED) is 0.357. The Morgan fingerprint density at radius 2 is 1.78 bits per heavy atom. The van der Waals surface area contributed by atoms with Gasteiger partial charge in [0, 0.05) is 18.7 Å². The monoisotopic (exact) mass is 253 g/mol. The Hall–Kier alpha value is -1.58. The van der Waals surface area contributed by atoms with Gasteiger partial charge >= 0.3 is 5.97 Å². The highest BCUT2D eigenvalue weighted by molar-refractivity contribution is 5.93. The highest BCUT2D eigenvalue weighted by Gasteiger charge is 1.94. The van der Waals surface area contributed by atoms with Crippen molar-refractivity contribution in [2.75, 3.05) is 6.54 Å². The van der Waals surface area contributed by atoms with E-state index in [2.05, 4.69) is 18.3 Å². The van der Waals surface area contributed by atoms with E-state index in [4.69, 9.17) is 5.11 Å². The summed E-state index contributed by atoms with van der Waals surface area (Å²) in [6.07, 6.45) is 12.9. The fraction of sp³-hybridized carbons (Fsp3) is 0.571. The van der Waals surface area contributed by atoms with Gasteiger partial charge in [0.15, 0.2) is 0 Å². The molecule has 4 nitrogen and oxygen atoms in total. The largest absolute Gasteiger partial charge is 0.478 e. The first-order valence-electron chi connectivity index (χ1n) is 6.50.